The molecule has 138 valence electrons. The highest BCUT2D eigenvalue weighted by Gasteiger charge is 2.08. The van der Waals surface area contributed by atoms with Crippen LogP contribution in [0.1, 0.15) is 0 Å². The summed E-state index contributed by atoms with van der Waals surface area (Å²) in [5, 5.41) is 6.43. The van der Waals surface area contributed by atoms with Gasteiger partial charge in [0.05, 0.1) is 0 Å². The summed E-state index contributed by atoms with van der Waals surface area (Å²) in [6, 6.07) is 12.7. The monoisotopic (exact) mass is 382 g/mol. The third kappa shape index (κ3) is 4.51. The molecule has 0 saturated carbocycles. The maximum absolute atomic E-state index is 12.7. The smallest absolute Gasteiger partial charge is 0.258 e. The zero-order valence-electron chi connectivity index (χ0n) is 14.5. The Morgan fingerprint density at radius 2 is 1.78 bits per heavy atom. The molecule has 0 aliphatic rings. The summed E-state index contributed by atoms with van der Waals surface area (Å²) in [5.74, 6) is -0.150. The molecule has 1 heterocycles. The quantitative estimate of drug-likeness (QED) is 0.373. The summed E-state index contributed by atoms with van der Waals surface area (Å²) < 4.78 is 7.30. The molecule has 0 radical (unpaired) electrons. The lowest BCUT2D eigenvalue weighted by molar-refractivity contribution is -0.123. The van der Waals surface area contributed by atoms with Crippen LogP contribution in [0.4, 0.5) is 0 Å². The number of fused-ring (bicyclic) bond motifs is 2. The van der Waals surface area contributed by atoms with Crippen molar-refractivity contribution in [3.05, 3.63) is 65.3 Å². The van der Waals surface area contributed by atoms with E-state index in [1.807, 2.05) is 24.3 Å². The van der Waals surface area contributed by atoms with Crippen LogP contribution in [0.2, 0.25) is 0 Å². The number of ether oxygens (including phenoxy) is 1. The second-order valence-corrected chi connectivity index (χ2v) is 6.80. The van der Waals surface area contributed by atoms with E-state index in [4.69, 9.17) is 4.74 Å². The molecule has 1 aromatic heterocycles. The summed E-state index contributed by atoms with van der Waals surface area (Å²) in [7, 11) is 0. The molecule has 0 fully saturated rings. The summed E-state index contributed by atoms with van der Waals surface area (Å²) in [5.41, 5.74) is -0.0489. The zero-order chi connectivity index (χ0) is 19.2. The fourth-order valence-electron chi connectivity index (χ4n) is 2.53. The van der Waals surface area contributed by atoms with Gasteiger partial charge in [0.2, 0.25) is 5.91 Å². The Morgan fingerprint density at radius 1 is 1.04 bits per heavy atom. The molecular weight excluding hydrogens is 364 g/mol. The molecule has 0 spiro atoms. The fourth-order valence-corrected chi connectivity index (χ4v) is 3.58. The van der Waals surface area contributed by atoms with Crippen molar-refractivity contribution in [2.75, 3.05) is 19.7 Å². The van der Waals surface area contributed by atoms with Crippen LogP contribution in [0, 0.1) is 0 Å². The minimum absolute atomic E-state index is 0.0489. The molecule has 2 amide bonds. The van der Waals surface area contributed by atoms with Gasteiger partial charge in [0.1, 0.15) is 5.75 Å². The Morgan fingerprint density at radius 3 is 2.59 bits per heavy atom. The molecule has 2 N–H and O–H groups in total. The summed E-state index contributed by atoms with van der Waals surface area (Å²) in [4.78, 5) is 35.5. The SMILES string of the molecule is C=CC(=O)NCCNC(=O)COc1ccc2sc3ccccc3c(=O)c2c1. The average Bonchev–Trinajstić information content (AvgIpc) is 2.70. The van der Waals surface area contributed by atoms with Crippen molar-refractivity contribution in [3.63, 3.8) is 0 Å². The standard InChI is InChI=1S/C20H18N2O4S/c1-2-18(23)21-9-10-22-19(24)12-26-13-7-8-17-15(11-13)20(25)14-5-3-4-6-16(14)27-17/h2-8,11H,1,9-10,12H2,(H,21,23)(H,22,24). The van der Waals surface area contributed by atoms with E-state index in [9.17, 15) is 14.4 Å². The number of hydrogen-bond donors (Lipinski definition) is 2. The van der Waals surface area contributed by atoms with Gasteiger partial charge in [-0.2, -0.15) is 0 Å². The van der Waals surface area contributed by atoms with Gasteiger partial charge in [-0.3, -0.25) is 14.4 Å². The van der Waals surface area contributed by atoms with E-state index in [1.165, 1.54) is 17.4 Å². The molecule has 0 aliphatic carbocycles. The second-order valence-electron chi connectivity index (χ2n) is 5.72. The van der Waals surface area contributed by atoms with Gasteiger partial charge < -0.3 is 15.4 Å². The van der Waals surface area contributed by atoms with Crippen molar-refractivity contribution >= 4 is 43.3 Å². The third-order valence-corrected chi connectivity index (χ3v) is 5.00. The van der Waals surface area contributed by atoms with Gasteiger partial charge in [-0.05, 0) is 36.4 Å². The number of benzene rings is 2. The molecule has 3 rings (SSSR count). The molecule has 6 nitrogen and oxygen atoms in total. The molecule has 0 aliphatic heterocycles. The second kappa shape index (κ2) is 8.46. The molecule has 0 unspecified atom stereocenters. The van der Waals surface area contributed by atoms with Crippen LogP contribution in [0.5, 0.6) is 5.75 Å². The molecule has 2 aromatic carbocycles. The van der Waals surface area contributed by atoms with Gasteiger partial charge in [-0.15, -0.1) is 11.3 Å². The number of hydrogen-bond acceptors (Lipinski definition) is 5. The van der Waals surface area contributed by atoms with E-state index < -0.39 is 0 Å². The molecule has 3 aromatic rings. The van der Waals surface area contributed by atoms with Gasteiger partial charge in [0.25, 0.3) is 5.91 Å². The Kier molecular flexibility index (Phi) is 5.83. The molecule has 0 bridgehead atoms. The zero-order valence-corrected chi connectivity index (χ0v) is 15.3. The maximum Gasteiger partial charge on any atom is 0.258 e. The Balaban J connectivity index is 1.64. The number of carbonyl (C=O) groups is 2. The topological polar surface area (TPSA) is 84.5 Å². The largest absolute Gasteiger partial charge is 0.484 e. The van der Waals surface area contributed by atoms with E-state index in [2.05, 4.69) is 17.2 Å². The summed E-state index contributed by atoms with van der Waals surface area (Å²) in [6.07, 6.45) is 1.17. The van der Waals surface area contributed by atoms with Crippen LogP contribution in [0.15, 0.2) is 59.9 Å². The first-order valence-electron chi connectivity index (χ1n) is 8.34. The van der Waals surface area contributed by atoms with E-state index in [0.29, 0.717) is 23.1 Å². The van der Waals surface area contributed by atoms with Crippen molar-refractivity contribution in [2.45, 2.75) is 0 Å². The highest BCUT2D eigenvalue weighted by Crippen LogP contribution is 2.27. The Bertz CT molecular complexity index is 1070. The summed E-state index contributed by atoms with van der Waals surface area (Å²) in [6.45, 7) is 3.76. The lowest BCUT2D eigenvalue weighted by Crippen LogP contribution is -2.36. The highest BCUT2D eigenvalue weighted by molar-refractivity contribution is 7.24. The van der Waals surface area contributed by atoms with Crippen molar-refractivity contribution in [1.82, 2.24) is 10.6 Å². The molecule has 0 atom stereocenters. The number of carbonyl (C=O) groups excluding carboxylic acids is 2. The number of amides is 2. The van der Waals surface area contributed by atoms with Crippen LogP contribution in [0.25, 0.3) is 20.2 Å². The minimum atomic E-state index is -0.313. The van der Waals surface area contributed by atoms with Crippen LogP contribution < -0.4 is 20.8 Å². The molecule has 0 saturated heterocycles. The van der Waals surface area contributed by atoms with Crippen molar-refractivity contribution < 1.29 is 14.3 Å². The summed E-state index contributed by atoms with van der Waals surface area (Å²) >= 11 is 1.54. The Hall–Kier alpha value is -3.19. The normalized spacial score (nSPS) is 10.5. The lowest BCUT2D eigenvalue weighted by atomic mass is 10.2. The Labute approximate surface area is 159 Å². The van der Waals surface area contributed by atoms with E-state index in [-0.39, 0.29) is 30.4 Å². The van der Waals surface area contributed by atoms with Crippen LogP contribution >= 0.6 is 11.3 Å². The van der Waals surface area contributed by atoms with Gasteiger partial charge in [0.15, 0.2) is 12.0 Å². The average molecular weight is 382 g/mol. The maximum atomic E-state index is 12.7. The van der Waals surface area contributed by atoms with Gasteiger partial charge >= 0.3 is 0 Å². The fraction of sp³-hybridized carbons (Fsp3) is 0.150. The first-order valence-corrected chi connectivity index (χ1v) is 9.15. The van der Waals surface area contributed by atoms with E-state index in [0.717, 1.165) is 9.40 Å². The highest BCUT2D eigenvalue weighted by atomic mass is 32.1. The van der Waals surface area contributed by atoms with Gasteiger partial charge in [-0.1, -0.05) is 18.7 Å². The molecule has 7 heteroatoms. The minimum Gasteiger partial charge on any atom is -0.484 e. The predicted octanol–water partition coefficient (Wildman–Crippen LogP) is 2.21. The first kappa shape index (κ1) is 18.6. The van der Waals surface area contributed by atoms with Crippen molar-refractivity contribution in [1.29, 1.82) is 0 Å². The molecular formula is C20H18N2O4S. The third-order valence-electron chi connectivity index (χ3n) is 3.85. The predicted molar refractivity (Wildman–Crippen MR) is 107 cm³/mol. The first-order chi connectivity index (χ1) is 13.1. The number of rotatable bonds is 7. The van der Waals surface area contributed by atoms with E-state index in [1.54, 1.807) is 18.2 Å². The van der Waals surface area contributed by atoms with Crippen molar-refractivity contribution in [3.8, 4) is 5.75 Å². The lowest BCUT2D eigenvalue weighted by Gasteiger charge is -2.09. The van der Waals surface area contributed by atoms with E-state index >= 15 is 0 Å². The van der Waals surface area contributed by atoms with Gasteiger partial charge in [-0.25, -0.2) is 0 Å². The van der Waals surface area contributed by atoms with Crippen LogP contribution in [-0.4, -0.2) is 31.5 Å². The van der Waals surface area contributed by atoms with Crippen LogP contribution in [-0.2, 0) is 9.59 Å². The van der Waals surface area contributed by atoms with Gasteiger partial charge in [0, 0.05) is 33.3 Å². The molecule has 27 heavy (non-hydrogen) atoms. The van der Waals surface area contributed by atoms with Crippen LogP contribution in [0.3, 0.4) is 0 Å². The number of nitrogens with one attached hydrogen (secondary N) is 2. The van der Waals surface area contributed by atoms with Crippen molar-refractivity contribution in [2.24, 2.45) is 0 Å².